The van der Waals surface area contributed by atoms with E-state index in [1.165, 1.54) is 12.1 Å². The van der Waals surface area contributed by atoms with Gasteiger partial charge in [-0.15, -0.1) is 0 Å². The molecule has 0 saturated carbocycles. The van der Waals surface area contributed by atoms with Crippen LogP contribution in [0.2, 0.25) is 10.0 Å². The Bertz CT molecular complexity index is 873. The number of anilines is 2. The van der Waals surface area contributed by atoms with Crippen molar-refractivity contribution in [3.63, 3.8) is 0 Å². The number of aliphatic imine (C=N–C) groups is 1. The summed E-state index contributed by atoms with van der Waals surface area (Å²) in [5.74, 6) is -0.631. The van der Waals surface area contributed by atoms with Gasteiger partial charge in [-0.05, 0) is 45.3 Å². The summed E-state index contributed by atoms with van der Waals surface area (Å²) in [4.78, 5) is 13.2. The normalized spacial score (nSPS) is 12.3. The zero-order valence-corrected chi connectivity index (χ0v) is 17.2. The van der Waals surface area contributed by atoms with E-state index in [1.807, 2.05) is 19.0 Å². The van der Waals surface area contributed by atoms with E-state index < -0.39 is 17.8 Å². The molecule has 2 aromatic rings. The summed E-state index contributed by atoms with van der Waals surface area (Å²) in [6.07, 6.45) is -3.93. The molecule has 0 spiro atoms. The van der Waals surface area contributed by atoms with Gasteiger partial charge in [-0.1, -0.05) is 23.2 Å². The van der Waals surface area contributed by atoms with Crippen LogP contribution in [0, 0.1) is 0 Å². The Balaban J connectivity index is 2.21. The molecule has 158 valence electrons. The minimum absolute atomic E-state index is 0.00664. The van der Waals surface area contributed by atoms with Crippen molar-refractivity contribution in [2.75, 3.05) is 37.8 Å². The fourth-order valence-corrected chi connectivity index (χ4v) is 2.49. The second kappa shape index (κ2) is 9.95. The van der Waals surface area contributed by atoms with Crippen LogP contribution in [-0.2, 0) is 6.18 Å². The van der Waals surface area contributed by atoms with Gasteiger partial charge >= 0.3 is 6.18 Å². The molecule has 0 unspecified atom stereocenters. The second-order valence-electron chi connectivity index (χ2n) is 6.27. The third-order valence-corrected chi connectivity index (χ3v) is 4.24. The van der Waals surface area contributed by atoms with Gasteiger partial charge in [0, 0.05) is 18.3 Å². The molecule has 2 rings (SSSR count). The van der Waals surface area contributed by atoms with Crippen LogP contribution in [0.5, 0.6) is 0 Å². The highest BCUT2D eigenvalue weighted by Gasteiger charge is 2.33. The van der Waals surface area contributed by atoms with E-state index in [2.05, 4.69) is 25.6 Å². The summed E-state index contributed by atoms with van der Waals surface area (Å²) in [6, 6.07) is 5.45. The molecule has 12 heteroatoms. The zero-order valence-electron chi connectivity index (χ0n) is 15.7. The molecular formula is C17H20Cl2F3N7. The van der Waals surface area contributed by atoms with Gasteiger partial charge in [0.05, 0.1) is 10.0 Å². The van der Waals surface area contributed by atoms with Crippen molar-refractivity contribution in [2.45, 2.75) is 12.6 Å². The van der Waals surface area contributed by atoms with E-state index in [-0.39, 0.29) is 16.8 Å². The van der Waals surface area contributed by atoms with Crippen LogP contribution in [0.3, 0.4) is 0 Å². The Morgan fingerprint density at radius 2 is 1.90 bits per heavy atom. The Morgan fingerprint density at radius 1 is 1.17 bits per heavy atom. The van der Waals surface area contributed by atoms with Crippen molar-refractivity contribution in [1.82, 2.24) is 14.9 Å². The van der Waals surface area contributed by atoms with Crippen molar-refractivity contribution in [2.24, 2.45) is 10.7 Å². The highest BCUT2D eigenvalue weighted by Crippen LogP contribution is 2.30. The highest BCUT2D eigenvalue weighted by atomic mass is 35.5. The minimum atomic E-state index is -4.65. The average molecular weight is 450 g/mol. The van der Waals surface area contributed by atoms with Crippen molar-refractivity contribution in [3.8, 4) is 0 Å². The molecule has 4 N–H and O–H groups in total. The van der Waals surface area contributed by atoms with Gasteiger partial charge in [0.15, 0.2) is 5.69 Å². The second-order valence-corrected chi connectivity index (χ2v) is 7.09. The zero-order chi connectivity index (χ0) is 21.6. The van der Waals surface area contributed by atoms with Gasteiger partial charge in [0.1, 0.15) is 5.82 Å². The van der Waals surface area contributed by atoms with Crippen molar-refractivity contribution < 1.29 is 13.2 Å². The van der Waals surface area contributed by atoms with Crippen molar-refractivity contribution >= 4 is 46.6 Å². The summed E-state index contributed by atoms with van der Waals surface area (Å²) in [7, 11) is 3.81. The number of aromatic nitrogens is 2. The predicted molar refractivity (Wildman–Crippen MR) is 110 cm³/mol. The number of guanidine groups is 1. The fourth-order valence-electron chi connectivity index (χ4n) is 2.19. The number of hydrogen-bond donors (Lipinski definition) is 3. The molecule has 0 aliphatic rings. The first-order valence-corrected chi connectivity index (χ1v) is 9.21. The molecule has 0 atom stereocenters. The number of nitrogens with one attached hydrogen (secondary N) is 2. The number of nitrogens with two attached hydrogens (primary N) is 1. The van der Waals surface area contributed by atoms with Crippen LogP contribution in [0.25, 0.3) is 0 Å². The van der Waals surface area contributed by atoms with Gasteiger partial charge in [-0.3, -0.25) is 0 Å². The maximum atomic E-state index is 13.2. The number of alkyl halides is 3. The maximum Gasteiger partial charge on any atom is 0.433 e. The summed E-state index contributed by atoms with van der Waals surface area (Å²) in [5, 5.41) is 6.18. The first kappa shape index (κ1) is 23.0. The van der Waals surface area contributed by atoms with Crippen LogP contribution >= 0.6 is 23.2 Å². The number of benzene rings is 1. The van der Waals surface area contributed by atoms with Crippen LogP contribution in [0.1, 0.15) is 12.1 Å². The molecule has 0 aliphatic carbocycles. The Hall–Kier alpha value is -2.30. The predicted octanol–water partition coefficient (Wildman–Crippen LogP) is 4.22. The van der Waals surface area contributed by atoms with Gasteiger partial charge in [0.25, 0.3) is 5.95 Å². The molecule has 0 radical (unpaired) electrons. The quantitative estimate of drug-likeness (QED) is 0.333. The number of hydrogen-bond acceptors (Lipinski definition) is 5. The van der Waals surface area contributed by atoms with Gasteiger partial charge in [-0.2, -0.15) is 23.1 Å². The molecule has 1 aromatic carbocycles. The smallest absolute Gasteiger partial charge is 0.370 e. The molecule has 0 amide bonds. The lowest BCUT2D eigenvalue weighted by atomic mass is 10.3. The van der Waals surface area contributed by atoms with E-state index in [4.69, 9.17) is 28.9 Å². The van der Waals surface area contributed by atoms with Crippen LogP contribution in [0.15, 0.2) is 29.3 Å². The molecule has 0 bridgehead atoms. The van der Waals surface area contributed by atoms with Crippen LogP contribution in [-0.4, -0.2) is 48.0 Å². The molecule has 1 aromatic heterocycles. The Morgan fingerprint density at radius 3 is 2.52 bits per heavy atom. The summed E-state index contributed by atoms with van der Waals surface area (Å²) in [6.45, 7) is 1.21. The molecule has 7 nitrogen and oxygen atoms in total. The molecular weight excluding hydrogens is 430 g/mol. The highest BCUT2D eigenvalue weighted by molar-refractivity contribution is 6.42. The molecule has 1 heterocycles. The van der Waals surface area contributed by atoms with Crippen molar-refractivity contribution in [3.05, 3.63) is 40.0 Å². The lowest BCUT2D eigenvalue weighted by Gasteiger charge is -2.12. The lowest BCUT2D eigenvalue weighted by Crippen LogP contribution is -2.22. The first-order chi connectivity index (χ1) is 13.5. The molecule has 0 fully saturated rings. The van der Waals surface area contributed by atoms with Gasteiger partial charge < -0.3 is 21.3 Å². The van der Waals surface area contributed by atoms with E-state index in [0.29, 0.717) is 17.3 Å². The first-order valence-electron chi connectivity index (χ1n) is 8.45. The standard InChI is InChI=1S/C17H20Cl2F3N7/c1-29(2)7-3-6-24-14-9-13(17(20,21)22)26-16(27-14)28-15(23)25-10-4-5-11(18)12(19)8-10/h4-5,8-9H,3,6-7H2,1-2H3,(H4,23,24,25,26,27,28). The van der Waals surface area contributed by atoms with E-state index in [0.717, 1.165) is 19.0 Å². The third kappa shape index (κ3) is 7.56. The van der Waals surface area contributed by atoms with Crippen LogP contribution in [0.4, 0.5) is 30.6 Å². The topological polar surface area (TPSA) is 91.5 Å². The summed E-state index contributed by atoms with van der Waals surface area (Å²) < 4.78 is 39.5. The molecule has 0 saturated heterocycles. The summed E-state index contributed by atoms with van der Waals surface area (Å²) in [5.41, 5.74) is 5.10. The van der Waals surface area contributed by atoms with E-state index >= 15 is 0 Å². The largest absolute Gasteiger partial charge is 0.433 e. The van der Waals surface area contributed by atoms with E-state index in [1.54, 1.807) is 6.07 Å². The maximum absolute atomic E-state index is 13.2. The van der Waals surface area contributed by atoms with Gasteiger partial charge in [0.2, 0.25) is 5.96 Å². The SMILES string of the molecule is CN(C)CCCNc1cc(C(F)(F)F)nc(/N=C(\N)Nc2ccc(Cl)c(Cl)c2)n1. The van der Waals surface area contributed by atoms with Crippen LogP contribution < -0.4 is 16.4 Å². The fraction of sp³-hybridized carbons (Fsp3) is 0.353. The van der Waals surface area contributed by atoms with Gasteiger partial charge in [-0.25, -0.2) is 4.98 Å². The lowest BCUT2D eigenvalue weighted by molar-refractivity contribution is -0.141. The molecule has 0 aliphatic heterocycles. The third-order valence-electron chi connectivity index (χ3n) is 3.51. The Kier molecular flexibility index (Phi) is 7.88. The van der Waals surface area contributed by atoms with Crippen molar-refractivity contribution in [1.29, 1.82) is 0 Å². The minimum Gasteiger partial charge on any atom is -0.370 e. The molecule has 29 heavy (non-hydrogen) atoms. The Labute approximate surface area is 176 Å². The van der Waals surface area contributed by atoms with E-state index in [9.17, 15) is 13.2 Å². The number of nitrogens with zero attached hydrogens (tertiary/aromatic N) is 4. The monoisotopic (exact) mass is 449 g/mol. The average Bonchev–Trinajstić information content (AvgIpc) is 2.61. The summed E-state index contributed by atoms with van der Waals surface area (Å²) >= 11 is 11.8. The number of halogens is 5. The number of rotatable bonds is 7.